The third kappa shape index (κ3) is 5.25. The molecule has 6 heteroatoms. The molecule has 0 radical (unpaired) electrons. The largest absolute Gasteiger partial charge is 0.297 e. The second kappa shape index (κ2) is 7.58. The summed E-state index contributed by atoms with van der Waals surface area (Å²) < 4.78 is 27.2. The lowest BCUT2D eigenvalue weighted by Gasteiger charge is -2.30. The van der Waals surface area contributed by atoms with Crippen molar-refractivity contribution in [2.75, 3.05) is 13.1 Å². The van der Waals surface area contributed by atoms with Crippen LogP contribution in [-0.4, -0.2) is 38.5 Å². The molecule has 1 aromatic rings. The van der Waals surface area contributed by atoms with Crippen molar-refractivity contribution in [3.63, 3.8) is 0 Å². The fraction of sp³-hybridized carbons (Fsp3) is 0.600. The monoisotopic (exact) mass is 332 g/mol. The molecule has 1 rings (SSSR count). The maximum absolute atomic E-state index is 12.3. The lowest BCUT2D eigenvalue weighted by atomic mass is 10.2. The van der Waals surface area contributed by atoms with Crippen LogP contribution in [0.5, 0.6) is 0 Å². The Balaban J connectivity index is 2.73. The topological polar surface area (TPSA) is 49.4 Å². The van der Waals surface area contributed by atoms with Gasteiger partial charge in [-0.2, -0.15) is 0 Å². The second-order valence-corrected chi connectivity index (χ2v) is 7.90. The average Bonchev–Trinajstić information content (AvgIpc) is 2.33. The van der Waals surface area contributed by atoms with Crippen molar-refractivity contribution in [2.45, 2.75) is 51.6 Å². The minimum atomic E-state index is -3.56. The van der Waals surface area contributed by atoms with Crippen molar-refractivity contribution in [3.8, 4) is 0 Å². The van der Waals surface area contributed by atoms with Crippen LogP contribution >= 0.6 is 11.6 Å². The molecule has 0 saturated heterocycles. The van der Waals surface area contributed by atoms with Crippen LogP contribution in [-0.2, 0) is 10.0 Å². The van der Waals surface area contributed by atoms with Gasteiger partial charge in [-0.3, -0.25) is 4.90 Å². The molecule has 1 aromatic carbocycles. The SMILES string of the molecule is Cc1ccc(S(=O)(=O)NCCN(C(C)C)C(C)C)c(Cl)c1. The van der Waals surface area contributed by atoms with Crippen LogP contribution in [0.3, 0.4) is 0 Å². The Kier molecular flexibility index (Phi) is 6.66. The van der Waals surface area contributed by atoms with Gasteiger partial charge in [0.1, 0.15) is 4.90 Å². The lowest BCUT2D eigenvalue weighted by molar-refractivity contribution is 0.179. The molecule has 0 heterocycles. The van der Waals surface area contributed by atoms with Gasteiger partial charge in [-0.05, 0) is 52.3 Å². The molecule has 120 valence electrons. The van der Waals surface area contributed by atoms with Crippen LogP contribution in [0, 0.1) is 6.92 Å². The Hall–Kier alpha value is -0.620. The quantitative estimate of drug-likeness (QED) is 0.835. The van der Waals surface area contributed by atoms with E-state index >= 15 is 0 Å². The molecule has 0 saturated carbocycles. The van der Waals surface area contributed by atoms with Gasteiger partial charge >= 0.3 is 0 Å². The molecule has 0 aliphatic heterocycles. The van der Waals surface area contributed by atoms with Crippen LogP contribution in [0.1, 0.15) is 33.3 Å². The van der Waals surface area contributed by atoms with E-state index < -0.39 is 10.0 Å². The van der Waals surface area contributed by atoms with Crippen molar-refractivity contribution >= 4 is 21.6 Å². The predicted molar refractivity (Wildman–Crippen MR) is 88.4 cm³/mol. The lowest BCUT2D eigenvalue weighted by Crippen LogP contribution is -2.42. The summed E-state index contributed by atoms with van der Waals surface area (Å²) in [6.45, 7) is 11.3. The van der Waals surface area contributed by atoms with E-state index in [4.69, 9.17) is 11.6 Å². The van der Waals surface area contributed by atoms with E-state index in [-0.39, 0.29) is 9.92 Å². The van der Waals surface area contributed by atoms with Crippen molar-refractivity contribution in [1.82, 2.24) is 9.62 Å². The summed E-state index contributed by atoms with van der Waals surface area (Å²) in [6.07, 6.45) is 0. The van der Waals surface area contributed by atoms with Crippen LogP contribution < -0.4 is 4.72 Å². The van der Waals surface area contributed by atoms with Gasteiger partial charge in [0, 0.05) is 25.2 Å². The number of halogens is 1. The summed E-state index contributed by atoms with van der Waals surface area (Å²) in [5, 5.41) is 0.257. The Morgan fingerprint density at radius 1 is 1.19 bits per heavy atom. The number of hydrogen-bond acceptors (Lipinski definition) is 3. The molecule has 0 aliphatic rings. The zero-order chi connectivity index (χ0) is 16.2. The highest BCUT2D eigenvalue weighted by atomic mass is 35.5. The Morgan fingerprint density at radius 3 is 2.24 bits per heavy atom. The predicted octanol–water partition coefficient (Wildman–Crippen LogP) is 3.05. The Morgan fingerprint density at radius 2 is 1.76 bits per heavy atom. The maximum Gasteiger partial charge on any atom is 0.242 e. The summed E-state index contributed by atoms with van der Waals surface area (Å²) in [7, 11) is -3.56. The van der Waals surface area contributed by atoms with Crippen molar-refractivity contribution in [1.29, 1.82) is 0 Å². The number of aryl methyl sites for hydroxylation is 1. The number of nitrogens with one attached hydrogen (secondary N) is 1. The third-order valence-corrected chi connectivity index (χ3v) is 5.31. The molecule has 0 unspecified atom stereocenters. The molecule has 0 bridgehead atoms. The van der Waals surface area contributed by atoms with Gasteiger partial charge in [0.15, 0.2) is 0 Å². The Bertz CT molecular complexity index is 563. The number of benzene rings is 1. The summed E-state index contributed by atoms with van der Waals surface area (Å²) in [4.78, 5) is 2.37. The van der Waals surface area contributed by atoms with Crippen LogP contribution in [0.25, 0.3) is 0 Å². The fourth-order valence-corrected chi connectivity index (χ4v) is 3.94. The summed E-state index contributed by atoms with van der Waals surface area (Å²) in [5.74, 6) is 0. The molecule has 0 aromatic heterocycles. The van der Waals surface area contributed by atoms with E-state index in [2.05, 4.69) is 37.3 Å². The molecule has 0 atom stereocenters. The summed E-state index contributed by atoms with van der Waals surface area (Å²) >= 11 is 6.03. The highest BCUT2D eigenvalue weighted by Crippen LogP contribution is 2.22. The zero-order valence-corrected chi connectivity index (χ0v) is 14.9. The second-order valence-electron chi connectivity index (χ2n) is 5.76. The molecular weight excluding hydrogens is 308 g/mol. The van der Waals surface area contributed by atoms with E-state index in [1.54, 1.807) is 18.2 Å². The number of nitrogens with zero attached hydrogens (tertiary/aromatic N) is 1. The van der Waals surface area contributed by atoms with Crippen LogP contribution in [0.4, 0.5) is 0 Å². The zero-order valence-electron chi connectivity index (χ0n) is 13.4. The van der Waals surface area contributed by atoms with Gasteiger partial charge in [0.2, 0.25) is 10.0 Å². The van der Waals surface area contributed by atoms with Gasteiger partial charge in [0.05, 0.1) is 5.02 Å². The molecule has 0 aliphatic carbocycles. The average molecular weight is 333 g/mol. The molecule has 21 heavy (non-hydrogen) atoms. The van der Waals surface area contributed by atoms with E-state index in [0.717, 1.165) is 5.56 Å². The number of rotatable bonds is 7. The van der Waals surface area contributed by atoms with Gasteiger partial charge < -0.3 is 0 Å². The number of hydrogen-bond donors (Lipinski definition) is 1. The number of sulfonamides is 1. The highest BCUT2D eigenvalue weighted by molar-refractivity contribution is 7.89. The summed E-state index contributed by atoms with van der Waals surface area (Å²) in [6, 6.07) is 5.69. The van der Waals surface area contributed by atoms with E-state index in [0.29, 0.717) is 25.2 Å². The van der Waals surface area contributed by atoms with Gasteiger partial charge in [-0.1, -0.05) is 17.7 Å². The first kappa shape index (κ1) is 18.4. The Labute approximate surface area is 133 Å². The first-order chi connectivity index (χ1) is 9.65. The van der Waals surface area contributed by atoms with Gasteiger partial charge in [-0.15, -0.1) is 0 Å². The first-order valence-electron chi connectivity index (χ1n) is 7.16. The third-order valence-electron chi connectivity index (χ3n) is 3.37. The van der Waals surface area contributed by atoms with Gasteiger partial charge in [0.25, 0.3) is 0 Å². The van der Waals surface area contributed by atoms with Crippen LogP contribution in [0.15, 0.2) is 23.1 Å². The minimum absolute atomic E-state index is 0.135. The van der Waals surface area contributed by atoms with E-state index in [9.17, 15) is 8.42 Å². The van der Waals surface area contributed by atoms with E-state index in [1.165, 1.54) is 0 Å². The molecule has 0 spiro atoms. The normalized spacial score (nSPS) is 12.6. The first-order valence-corrected chi connectivity index (χ1v) is 9.03. The van der Waals surface area contributed by atoms with Crippen molar-refractivity contribution in [2.24, 2.45) is 0 Å². The van der Waals surface area contributed by atoms with Crippen molar-refractivity contribution in [3.05, 3.63) is 28.8 Å². The standard InChI is InChI=1S/C15H25ClN2O2S/c1-11(2)18(12(3)4)9-8-17-21(19,20)15-7-6-13(5)10-14(15)16/h6-7,10-12,17H,8-9H2,1-5H3. The van der Waals surface area contributed by atoms with Crippen LogP contribution in [0.2, 0.25) is 5.02 Å². The minimum Gasteiger partial charge on any atom is -0.297 e. The molecule has 0 fully saturated rings. The van der Waals surface area contributed by atoms with Gasteiger partial charge in [-0.25, -0.2) is 13.1 Å². The van der Waals surface area contributed by atoms with Crippen molar-refractivity contribution < 1.29 is 8.42 Å². The fourth-order valence-electron chi connectivity index (χ4n) is 2.32. The summed E-state index contributed by atoms with van der Waals surface area (Å²) in [5.41, 5.74) is 0.935. The molecule has 4 nitrogen and oxygen atoms in total. The van der Waals surface area contributed by atoms with E-state index in [1.807, 2.05) is 6.92 Å². The smallest absolute Gasteiger partial charge is 0.242 e. The highest BCUT2D eigenvalue weighted by Gasteiger charge is 2.19. The molecule has 1 N–H and O–H groups in total. The molecular formula is C15H25ClN2O2S. The maximum atomic E-state index is 12.3. The molecule has 0 amide bonds.